The van der Waals surface area contributed by atoms with Crippen molar-refractivity contribution in [3.8, 4) is 0 Å². The second-order valence-corrected chi connectivity index (χ2v) is 7.29. The molecule has 0 saturated carbocycles. The fourth-order valence-electron chi connectivity index (χ4n) is 2.59. The molecule has 17 nitrogen and oxygen atoms in total. The number of rotatable bonds is 17. The number of carbonyl (C=O) groups excluding carboxylic acids is 3. The van der Waals surface area contributed by atoms with Crippen molar-refractivity contribution in [2.75, 3.05) is 13.2 Å². The van der Waals surface area contributed by atoms with Crippen molar-refractivity contribution in [1.82, 2.24) is 16.0 Å². The smallest absolute Gasteiger partial charge is 0.326 e. The highest BCUT2D eigenvalue weighted by atomic mass is 16.4. The second kappa shape index (κ2) is 15.8. The molecular formula is C18H31N7O10. The highest BCUT2D eigenvalue weighted by Crippen LogP contribution is 2.05. The summed E-state index contributed by atoms with van der Waals surface area (Å²) in [7, 11) is 0. The number of hydrogen-bond donors (Lipinski definition) is 10. The molecule has 0 bridgehead atoms. The zero-order valence-corrected chi connectivity index (χ0v) is 18.7. The van der Waals surface area contributed by atoms with Crippen LogP contribution in [0, 0.1) is 0 Å². The Labute approximate surface area is 199 Å². The molecule has 198 valence electrons. The first-order valence-electron chi connectivity index (χ1n) is 10.3. The largest absolute Gasteiger partial charge is 0.481 e. The van der Waals surface area contributed by atoms with Gasteiger partial charge in [0.25, 0.3) is 0 Å². The van der Waals surface area contributed by atoms with Gasteiger partial charge in [-0.1, -0.05) is 0 Å². The average molecular weight is 505 g/mol. The summed E-state index contributed by atoms with van der Waals surface area (Å²) in [5.41, 5.74) is 15.8. The van der Waals surface area contributed by atoms with Gasteiger partial charge in [-0.3, -0.25) is 29.0 Å². The van der Waals surface area contributed by atoms with E-state index in [1.54, 1.807) is 0 Å². The number of aliphatic hydroxyl groups is 1. The number of aliphatic carboxylic acids is 3. The molecule has 35 heavy (non-hydrogen) atoms. The molecule has 4 unspecified atom stereocenters. The van der Waals surface area contributed by atoms with E-state index in [0.717, 1.165) is 0 Å². The number of nitrogens with zero attached hydrogens (tertiary/aromatic N) is 1. The molecule has 0 aliphatic carbocycles. The van der Waals surface area contributed by atoms with Gasteiger partial charge in [0.2, 0.25) is 17.7 Å². The fraction of sp³-hybridized carbons (Fsp3) is 0.611. The summed E-state index contributed by atoms with van der Waals surface area (Å²) in [5.74, 6) is -7.66. The van der Waals surface area contributed by atoms with Crippen LogP contribution in [0.5, 0.6) is 0 Å². The quantitative estimate of drug-likeness (QED) is 0.0504. The molecule has 0 aliphatic rings. The standard InChI is InChI=1S/C18H31N7O10/c19-8(7-26)14(31)25-11(6-13(29)30)16(33)23-9(2-1-5-22-18(20)21)15(32)24-10(17(34)35)3-4-12(27)28/h8-11,26H,1-7,19H2,(H,23,33)(H,24,32)(H,25,31)(H,27,28)(H,29,30)(H,34,35)(H4,20,21,22). The molecule has 0 saturated heterocycles. The number of nitrogens with one attached hydrogen (secondary N) is 3. The van der Waals surface area contributed by atoms with Crippen LogP contribution >= 0.6 is 0 Å². The van der Waals surface area contributed by atoms with Gasteiger partial charge in [-0.05, 0) is 19.3 Å². The van der Waals surface area contributed by atoms with Crippen molar-refractivity contribution < 1.29 is 49.2 Å². The molecule has 0 aliphatic heterocycles. The van der Waals surface area contributed by atoms with Gasteiger partial charge in [0, 0.05) is 13.0 Å². The van der Waals surface area contributed by atoms with E-state index in [2.05, 4.69) is 20.9 Å². The van der Waals surface area contributed by atoms with Crippen LogP contribution in [0.15, 0.2) is 4.99 Å². The molecule has 13 N–H and O–H groups in total. The number of carboxylic acid groups (broad SMARTS) is 3. The first kappa shape index (κ1) is 31.0. The molecule has 0 heterocycles. The Kier molecular flexibility index (Phi) is 14.0. The molecule has 0 radical (unpaired) electrons. The third kappa shape index (κ3) is 13.3. The molecular weight excluding hydrogens is 474 g/mol. The van der Waals surface area contributed by atoms with E-state index >= 15 is 0 Å². The summed E-state index contributed by atoms with van der Waals surface area (Å²) in [6.45, 7) is -0.750. The molecule has 0 aromatic rings. The van der Waals surface area contributed by atoms with Gasteiger partial charge in [-0.25, -0.2) is 4.79 Å². The van der Waals surface area contributed by atoms with Crippen LogP contribution in [0.25, 0.3) is 0 Å². The normalized spacial score (nSPS) is 13.9. The minimum atomic E-state index is -1.69. The molecule has 0 aromatic heterocycles. The van der Waals surface area contributed by atoms with Crippen LogP contribution in [0.1, 0.15) is 32.1 Å². The lowest BCUT2D eigenvalue weighted by Crippen LogP contribution is -2.57. The zero-order valence-electron chi connectivity index (χ0n) is 18.7. The zero-order chi connectivity index (χ0) is 27.1. The van der Waals surface area contributed by atoms with Gasteiger partial charge in [-0.15, -0.1) is 0 Å². The van der Waals surface area contributed by atoms with Gasteiger partial charge in [0.05, 0.1) is 13.0 Å². The Bertz CT molecular complexity index is 815. The fourth-order valence-corrected chi connectivity index (χ4v) is 2.59. The predicted octanol–water partition coefficient (Wildman–Crippen LogP) is -4.76. The van der Waals surface area contributed by atoms with E-state index in [-0.39, 0.29) is 25.3 Å². The summed E-state index contributed by atoms with van der Waals surface area (Å²) in [6, 6.07) is -6.15. The molecule has 17 heteroatoms. The summed E-state index contributed by atoms with van der Waals surface area (Å²) in [5, 5.41) is 42.4. The molecule has 3 amide bonds. The van der Waals surface area contributed by atoms with Crippen molar-refractivity contribution >= 4 is 41.6 Å². The Hall–Kier alpha value is -3.99. The highest BCUT2D eigenvalue weighted by Gasteiger charge is 2.31. The topological polar surface area (TPSA) is 310 Å². The molecule has 4 atom stereocenters. The van der Waals surface area contributed by atoms with E-state index < -0.39 is 85.7 Å². The van der Waals surface area contributed by atoms with Gasteiger partial charge in [0.15, 0.2) is 5.96 Å². The maximum Gasteiger partial charge on any atom is 0.326 e. The number of aliphatic hydroxyl groups excluding tert-OH is 1. The van der Waals surface area contributed by atoms with Crippen LogP contribution in [0.3, 0.4) is 0 Å². The van der Waals surface area contributed by atoms with E-state index in [1.165, 1.54) is 0 Å². The predicted molar refractivity (Wildman–Crippen MR) is 118 cm³/mol. The summed E-state index contributed by atoms with van der Waals surface area (Å²) in [6.07, 6.45) is -1.91. The lowest BCUT2D eigenvalue weighted by molar-refractivity contribution is -0.144. The van der Waals surface area contributed by atoms with Gasteiger partial charge in [0.1, 0.15) is 24.2 Å². The van der Waals surface area contributed by atoms with Crippen molar-refractivity contribution in [3.05, 3.63) is 0 Å². The number of amides is 3. The van der Waals surface area contributed by atoms with E-state index in [4.69, 9.17) is 32.5 Å². The van der Waals surface area contributed by atoms with Crippen LogP contribution in [-0.4, -0.2) is 99.3 Å². The number of carbonyl (C=O) groups is 6. The first-order chi connectivity index (χ1) is 16.3. The van der Waals surface area contributed by atoms with Gasteiger partial charge in [-0.2, -0.15) is 0 Å². The molecule has 0 fully saturated rings. The van der Waals surface area contributed by atoms with Crippen molar-refractivity contribution in [2.24, 2.45) is 22.2 Å². The van der Waals surface area contributed by atoms with Crippen LogP contribution in [-0.2, 0) is 28.8 Å². The lowest BCUT2D eigenvalue weighted by atomic mass is 10.1. The Morgan fingerprint density at radius 2 is 1.31 bits per heavy atom. The van der Waals surface area contributed by atoms with E-state index in [0.29, 0.717) is 0 Å². The third-order valence-electron chi connectivity index (χ3n) is 4.38. The van der Waals surface area contributed by atoms with Crippen LogP contribution in [0.2, 0.25) is 0 Å². The summed E-state index contributed by atoms with van der Waals surface area (Å²) < 4.78 is 0. The lowest BCUT2D eigenvalue weighted by Gasteiger charge is -2.24. The number of hydrogen-bond acceptors (Lipinski definition) is 9. The summed E-state index contributed by atoms with van der Waals surface area (Å²) in [4.78, 5) is 74.3. The number of guanidine groups is 1. The maximum absolute atomic E-state index is 12.7. The number of aliphatic imine (C=N–C) groups is 1. The Morgan fingerprint density at radius 3 is 1.80 bits per heavy atom. The number of nitrogens with two attached hydrogens (primary N) is 3. The van der Waals surface area contributed by atoms with Crippen molar-refractivity contribution in [2.45, 2.75) is 56.3 Å². The van der Waals surface area contributed by atoms with Gasteiger partial charge < -0.3 is 53.6 Å². The first-order valence-corrected chi connectivity index (χ1v) is 10.3. The number of carboxylic acids is 3. The van der Waals surface area contributed by atoms with E-state index in [9.17, 15) is 33.9 Å². The minimum Gasteiger partial charge on any atom is -0.481 e. The van der Waals surface area contributed by atoms with Crippen molar-refractivity contribution in [1.29, 1.82) is 0 Å². The Morgan fingerprint density at radius 1 is 0.771 bits per heavy atom. The van der Waals surface area contributed by atoms with Crippen molar-refractivity contribution in [3.63, 3.8) is 0 Å². The second-order valence-electron chi connectivity index (χ2n) is 7.29. The van der Waals surface area contributed by atoms with Crippen LogP contribution < -0.4 is 33.2 Å². The highest BCUT2D eigenvalue weighted by molar-refractivity contribution is 5.95. The third-order valence-corrected chi connectivity index (χ3v) is 4.38. The van der Waals surface area contributed by atoms with Gasteiger partial charge >= 0.3 is 17.9 Å². The minimum absolute atomic E-state index is 0.0317. The molecule has 0 spiro atoms. The van der Waals surface area contributed by atoms with E-state index in [1.807, 2.05) is 0 Å². The Balaban J connectivity index is 5.63. The van der Waals surface area contributed by atoms with Crippen LogP contribution in [0.4, 0.5) is 0 Å². The molecule has 0 rings (SSSR count). The average Bonchev–Trinajstić information content (AvgIpc) is 2.76. The monoisotopic (exact) mass is 505 g/mol. The maximum atomic E-state index is 12.7. The molecule has 0 aromatic carbocycles. The summed E-state index contributed by atoms with van der Waals surface area (Å²) >= 11 is 0. The SMILES string of the molecule is NC(N)=NCCCC(NC(=O)C(CC(=O)O)NC(=O)C(N)CO)C(=O)NC(CCC(=O)O)C(=O)O.